The zero-order valence-electron chi connectivity index (χ0n) is 15.2. The summed E-state index contributed by atoms with van der Waals surface area (Å²) in [7, 11) is 1.82. The van der Waals surface area contributed by atoms with Crippen LogP contribution in [0.2, 0.25) is 5.02 Å². The van der Waals surface area contributed by atoms with Crippen molar-refractivity contribution in [1.82, 2.24) is 14.9 Å². The lowest BCUT2D eigenvalue weighted by atomic mass is 10.2. The fraction of sp³-hybridized carbons (Fsp3) is 0.158. The van der Waals surface area contributed by atoms with E-state index in [1.165, 1.54) is 29.5 Å². The highest BCUT2D eigenvalue weighted by Gasteiger charge is 2.16. The molecule has 4 aromatic rings. The van der Waals surface area contributed by atoms with Gasteiger partial charge < -0.3 is 9.40 Å². The normalized spacial score (nSPS) is 11.4. The van der Waals surface area contributed by atoms with Gasteiger partial charge in [0.15, 0.2) is 0 Å². The van der Waals surface area contributed by atoms with Crippen molar-refractivity contribution in [2.75, 3.05) is 7.05 Å². The molecular formula is C19H15ClN4O4S. The second kappa shape index (κ2) is 7.78. The largest absolute Gasteiger partial charge is 0.464 e. The highest BCUT2D eigenvalue weighted by Crippen LogP contribution is 2.31. The van der Waals surface area contributed by atoms with Gasteiger partial charge in [-0.1, -0.05) is 11.6 Å². The molecule has 3 heterocycles. The number of rotatable bonds is 6. The lowest BCUT2D eigenvalue weighted by molar-refractivity contribution is -0.384. The lowest BCUT2D eigenvalue weighted by Crippen LogP contribution is -2.21. The summed E-state index contributed by atoms with van der Waals surface area (Å²) in [4.78, 5) is 33.0. The van der Waals surface area contributed by atoms with Crippen molar-refractivity contribution in [2.45, 2.75) is 13.1 Å². The molecule has 3 aromatic heterocycles. The SMILES string of the molecule is CN(Cc1nc2scc(-c3ccco3)c2c(=O)[nH]1)Cc1cc([N+](=O)[O-])ccc1Cl. The Morgan fingerprint density at radius 2 is 2.17 bits per heavy atom. The standard InChI is InChI=1S/C19H15ClN4O4S/c1-23(8-11-7-12(24(26)27)4-5-14(11)20)9-16-21-18(25)17-13(10-29-19(17)22-16)15-3-2-6-28-15/h2-7,10H,8-9H2,1H3,(H,21,22,25). The summed E-state index contributed by atoms with van der Waals surface area (Å²) in [6.07, 6.45) is 1.56. The minimum Gasteiger partial charge on any atom is -0.464 e. The first-order valence-corrected chi connectivity index (χ1v) is 9.84. The highest BCUT2D eigenvalue weighted by atomic mass is 35.5. The van der Waals surface area contributed by atoms with Crippen molar-refractivity contribution >= 4 is 38.8 Å². The van der Waals surface area contributed by atoms with Gasteiger partial charge in [0.2, 0.25) is 0 Å². The van der Waals surface area contributed by atoms with Gasteiger partial charge in [-0.25, -0.2) is 4.98 Å². The topological polar surface area (TPSA) is 105 Å². The number of H-pyrrole nitrogens is 1. The van der Waals surface area contributed by atoms with Gasteiger partial charge in [0, 0.05) is 34.6 Å². The summed E-state index contributed by atoms with van der Waals surface area (Å²) in [6.45, 7) is 0.711. The second-order valence-electron chi connectivity index (χ2n) is 6.52. The number of halogens is 1. The highest BCUT2D eigenvalue weighted by molar-refractivity contribution is 7.17. The number of fused-ring (bicyclic) bond motifs is 1. The maximum absolute atomic E-state index is 12.6. The first kappa shape index (κ1) is 19.3. The van der Waals surface area contributed by atoms with Crippen LogP contribution in [0.3, 0.4) is 0 Å². The van der Waals surface area contributed by atoms with Crippen LogP contribution in [-0.4, -0.2) is 26.8 Å². The molecule has 0 aliphatic heterocycles. The van der Waals surface area contributed by atoms with E-state index < -0.39 is 4.92 Å². The van der Waals surface area contributed by atoms with Crippen molar-refractivity contribution in [3.63, 3.8) is 0 Å². The average Bonchev–Trinajstić information content (AvgIpc) is 3.32. The minimum absolute atomic E-state index is 0.0187. The number of thiophene rings is 1. The van der Waals surface area contributed by atoms with Crippen LogP contribution in [0.25, 0.3) is 21.5 Å². The summed E-state index contributed by atoms with van der Waals surface area (Å²) in [5, 5.41) is 13.8. The molecule has 10 heteroatoms. The van der Waals surface area contributed by atoms with E-state index in [-0.39, 0.29) is 11.2 Å². The molecule has 4 rings (SSSR count). The molecule has 0 aliphatic rings. The molecule has 0 aliphatic carbocycles. The zero-order valence-corrected chi connectivity index (χ0v) is 16.8. The van der Waals surface area contributed by atoms with Gasteiger partial charge >= 0.3 is 0 Å². The third-order valence-electron chi connectivity index (χ3n) is 4.38. The van der Waals surface area contributed by atoms with Crippen LogP contribution in [0.5, 0.6) is 0 Å². The Labute approximate surface area is 173 Å². The first-order chi connectivity index (χ1) is 13.9. The Morgan fingerprint density at radius 3 is 2.90 bits per heavy atom. The monoisotopic (exact) mass is 430 g/mol. The van der Waals surface area contributed by atoms with Crippen molar-refractivity contribution in [3.8, 4) is 11.3 Å². The molecule has 0 fully saturated rings. The fourth-order valence-electron chi connectivity index (χ4n) is 3.08. The van der Waals surface area contributed by atoms with E-state index >= 15 is 0 Å². The fourth-order valence-corrected chi connectivity index (χ4v) is 4.20. The number of aromatic nitrogens is 2. The van der Waals surface area contributed by atoms with E-state index in [1.54, 1.807) is 18.4 Å². The molecule has 0 saturated carbocycles. The van der Waals surface area contributed by atoms with E-state index in [9.17, 15) is 14.9 Å². The van der Waals surface area contributed by atoms with Gasteiger partial charge in [-0.2, -0.15) is 0 Å². The van der Waals surface area contributed by atoms with Crippen molar-refractivity contribution < 1.29 is 9.34 Å². The molecule has 1 aromatic carbocycles. The molecular weight excluding hydrogens is 416 g/mol. The van der Waals surface area contributed by atoms with Crippen LogP contribution in [0.4, 0.5) is 5.69 Å². The predicted molar refractivity (Wildman–Crippen MR) is 111 cm³/mol. The molecule has 0 unspecified atom stereocenters. The summed E-state index contributed by atoms with van der Waals surface area (Å²) >= 11 is 7.55. The number of aromatic amines is 1. The van der Waals surface area contributed by atoms with Crippen molar-refractivity contribution in [3.05, 3.63) is 78.9 Å². The van der Waals surface area contributed by atoms with E-state index in [1.807, 2.05) is 17.3 Å². The molecule has 0 saturated heterocycles. The van der Waals surface area contributed by atoms with Crippen molar-refractivity contribution in [2.24, 2.45) is 0 Å². The van der Waals surface area contributed by atoms with E-state index in [4.69, 9.17) is 16.0 Å². The Hall–Kier alpha value is -3.01. The van der Waals surface area contributed by atoms with Crippen LogP contribution in [0.15, 0.2) is 51.2 Å². The Kier molecular flexibility index (Phi) is 5.18. The number of nitrogens with one attached hydrogen (secondary N) is 1. The average molecular weight is 431 g/mol. The van der Waals surface area contributed by atoms with Gasteiger partial charge in [0.25, 0.3) is 11.2 Å². The summed E-state index contributed by atoms with van der Waals surface area (Å²) in [5.74, 6) is 1.12. The number of benzene rings is 1. The van der Waals surface area contributed by atoms with E-state index in [0.717, 1.165) is 0 Å². The maximum atomic E-state index is 12.6. The number of nitro benzene ring substituents is 1. The van der Waals surface area contributed by atoms with Gasteiger partial charge in [-0.15, -0.1) is 11.3 Å². The molecule has 148 valence electrons. The molecule has 0 spiro atoms. The number of hydrogen-bond donors (Lipinski definition) is 1. The van der Waals surface area contributed by atoms with Crippen molar-refractivity contribution in [1.29, 1.82) is 0 Å². The number of nitro groups is 1. The quantitative estimate of drug-likeness (QED) is 0.358. The molecule has 0 atom stereocenters. The number of non-ortho nitro benzene ring substituents is 1. The Balaban J connectivity index is 1.58. The Morgan fingerprint density at radius 1 is 1.34 bits per heavy atom. The third kappa shape index (κ3) is 3.93. The summed E-state index contributed by atoms with van der Waals surface area (Å²) < 4.78 is 5.40. The molecule has 0 bridgehead atoms. The zero-order chi connectivity index (χ0) is 20.5. The van der Waals surface area contributed by atoms with Crippen LogP contribution in [0.1, 0.15) is 11.4 Å². The van der Waals surface area contributed by atoms with Crippen LogP contribution in [-0.2, 0) is 13.1 Å². The molecule has 0 radical (unpaired) electrons. The van der Waals surface area contributed by atoms with Crippen LogP contribution < -0.4 is 5.56 Å². The van der Waals surface area contributed by atoms with Gasteiger partial charge in [0.1, 0.15) is 16.4 Å². The van der Waals surface area contributed by atoms with Crippen LogP contribution >= 0.6 is 22.9 Å². The molecule has 29 heavy (non-hydrogen) atoms. The lowest BCUT2D eigenvalue weighted by Gasteiger charge is -2.16. The summed E-state index contributed by atoms with van der Waals surface area (Å²) in [6, 6.07) is 7.89. The molecule has 1 N–H and O–H groups in total. The van der Waals surface area contributed by atoms with E-state index in [0.29, 0.717) is 51.0 Å². The van der Waals surface area contributed by atoms with Crippen LogP contribution in [0, 0.1) is 10.1 Å². The summed E-state index contributed by atoms with van der Waals surface area (Å²) in [5.41, 5.74) is 1.09. The number of hydrogen-bond acceptors (Lipinski definition) is 7. The smallest absolute Gasteiger partial charge is 0.269 e. The van der Waals surface area contributed by atoms with Gasteiger partial charge in [-0.05, 0) is 30.8 Å². The Bertz CT molecular complexity index is 1250. The van der Waals surface area contributed by atoms with Gasteiger partial charge in [0.05, 0.1) is 23.1 Å². The van der Waals surface area contributed by atoms with E-state index in [2.05, 4.69) is 9.97 Å². The first-order valence-electron chi connectivity index (χ1n) is 8.58. The maximum Gasteiger partial charge on any atom is 0.269 e. The number of furan rings is 1. The molecule has 8 nitrogen and oxygen atoms in total. The molecule has 0 amide bonds. The minimum atomic E-state index is -0.458. The van der Waals surface area contributed by atoms with Gasteiger partial charge in [-0.3, -0.25) is 19.8 Å². The third-order valence-corrected chi connectivity index (χ3v) is 5.62. The second-order valence-corrected chi connectivity index (χ2v) is 7.79. The predicted octanol–water partition coefficient (Wildman–Crippen LogP) is 4.44. The number of nitrogens with zero attached hydrogens (tertiary/aromatic N) is 3.